The van der Waals surface area contributed by atoms with Crippen LogP contribution in [0.2, 0.25) is 0 Å². The molecule has 0 aliphatic rings. The van der Waals surface area contributed by atoms with E-state index < -0.39 is 18.2 Å². The van der Waals surface area contributed by atoms with Crippen LogP contribution in [0.3, 0.4) is 0 Å². The molecule has 1 aromatic carbocycles. The quantitative estimate of drug-likeness (QED) is 0.549. The van der Waals surface area contributed by atoms with Crippen LogP contribution in [-0.2, 0) is 4.79 Å². The molecule has 0 heterocycles. The van der Waals surface area contributed by atoms with Crippen LogP contribution >= 0.6 is 0 Å². The van der Waals surface area contributed by atoms with Gasteiger partial charge in [-0.25, -0.2) is 0 Å². The molecule has 0 amide bonds. The maximum absolute atomic E-state index is 11.5. The van der Waals surface area contributed by atoms with Gasteiger partial charge in [-0.2, -0.15) is 0 Å². The van der Waals surface area contributed by atoms with Gasteiger partial charge in [0.15, 0.2) is 5.78 Å². The number of aliphatic hydroxyl groups is 1. The maximum Gasteiger partial charge on any atom is 0.311 e. The Kier molecular flexibility index (Phi) is 4.47. The molecule has 0 unspecified atom stereocenters. The van der Waals surface area contributed by atoms with Gasteiger partial charge >= 0.3 is 5.97 Å². The zero-order chi connectivity index (χ0) is 12.0. The highest BCUT2D eigenvalue weighted by Crippen LogP contribution is 2.19. The summed E-state index contributed by atoms with van der Waals surface area (Å²) in [7, 11) is 0. The number of carboxylic acids is 1. The van der Waals surface area contributed by atoms with Crippen molar-refractivity contribution in [2.24, 2.45) is 0 Å². The van der Waals surface area contributed by atoms with E-state index in [1.807, 2.05) is 0 Å². The van der Waals surface area contributed by atoms with Crippen molar-refractivity contribution in [1.29, 1.82) is 0 Å². The number of ketones is 1. The molecule has 0 atom stereocenters. The largest absolute Gasteiger partial charge is 0.490 e. The number of para-hydroxylation sites is 1. The van der Waals surface area contributed by atoms with E-state index >= 15 is 0 Å². The molecule has 0 spiro atoms. The second-order valence-corrected chi connectivity index (χ2v) is 3.06. The summed E-state index contributed by atoms with van der Waals surface area (Å²) in [5.74, 6) is -1.40. The van der Waals surface area contributed by atoms with Gasteiger partial charge in [-0.15, -0.1) is 0 Å². The number of hydrogen-bond acceptors (Lipinski definition) is 4. The smallest absolute Gasteiger partial charge is 0.311 e. The van der Waals surface area contributed by atoms with Crippen molar-refractivity contribution >= 4 is 11.8 Å². The summed E-state index contributed by atoms with van der Waals surface area (Å²) in [4.78, 5) is 21.9. The Morgan fingerprint density at radius 3 is 2.56 bits per heavy atom. The molecule has 0 aromatic heterocycles. The van der Waals surface area contributed by atoms with Crippen LogP contribution in [0.1, 0.15) is 16.8 Å². The number of aliphatic hydroxyl groups excluding tert-OH is 1. The summed E-state index contributed by atoms with van der Waals surface area (Å²) >= 11 is 0. The number of Topliss-reactive ketones (excluding diaryl/α,β-unsaturated/α-hetero) is 1. The van der Waals surface area contributed by atoms with Crippen molar-refractivity contribution in [2.75, 3.05) is 13.2 Å². The topological polar surface area (TPSA) is 83.8 Å². The lowest BCUT2D eigenvalue weighted by molar-refractivity contribution is -0.135. The van der Waals surface area contributed by atoms with Gasteiger partial charge in [-0.1, -0.05) is 12.1 Å². The number of carboxylic acid groups (broad SMARTS) is 1. The van der Waals surface area contributed by atoms with E-state index in [1.165, 1.54) is 6.07 Å². The molecule has 0 aliphatic carbocycles. The predicted octanol–water partition coefficient (Wildman–Crippen LogP) is 0.715. The summed E-state index contributed by atoms with van der Waals surface area (Å²) in [5.41, 5.74) is 0.221. The normalized spacial score (nSPS) is 9.81. The lowest BCUT2D eigenvalue weighted by atomic mass is 10.1. The molecule has 1 aromatic rings. The van der Waals surface area contributed by atoms with Crippen LogP contribution in [0.25, 0.3) is 0 Å². The predicted molar refractivity (Wildman–Crippen MR) is 55.6 cm³/mol. The number of ether oxygens (including phenoxy) is 1. The second kappa shape index (κ2) is 5.87. The van der Waals surface area contributed by atoms with E-state index in [-0.39, 0.29) is 18.8 Å². The minimum absolute atomic E-state index is 0.0668. The third-order valence-corrected chi connectivity index (χ3v) is 1.85. The van der Waals surface area contributed by atoms with Crippen molar-refractivity contribution in [3.05, 3.63) is 29.8 Å². The maximum atomic E-state index is 11.5. The summed E-state index contributed by atoms with van der Waals surface area (Å²) in [5, 5.41) is 17.1. The molecule has 0 bridgehead atoms. The summed E-state index contributed by atoms with van der Waals surface area (Å²) in [6.45, 7) is -0.0984. The van der Waals surface area contributed by atoms with E-state index in [1.54, 1.807) is 18.2 Å². The van der Waals surface area contributed by atoms with Gasteiger partial charge < -0.3 is 14.9 Å². The first-order valence-electron chi connectivity index (χ1n) is 4.73. The van der Waals surface area contributed by atoms with Crippen molar-refractivity contribution in [3.8, 4) is 5.75 Å². The summed E-state index contributed by atoms with van der Waals surface area (Å²) in [6, 6.07) is 6.36. The first kappa shape index (κ1) is 12.2. The van der Waals surface area contributed by atoms with Gasteiger partial charge in [0.1, 0.15) is 18.8 Å². The molecule has 16 heavy (non-hydrogen) atoms. The van der Waals surface area contributed by atoms with Crippen LogP contribution in [0.4, 0.5) is 0 Å². The van der Waals surface area contributed by atoms with Crippen LogP contribution < -0.4 is 4.74 Å². The standard InChI is InChI=1S/C11H12O5/c12-5-6-16-10-4-2-1-3-8(10)9(13)7-11(14)15/h1-4,12H,5-7H2,(H,14,15). The van der Waals surface area contributed by atoms with E-state index in [4.69, 9.17) is 14.9 Å². The Hall–Kier alpha value is -1.88. The molecule has 0 saturated carbocycles. The van der Waals surface area contributed by atoms with Gasteiger partial charge in [0.25, 0.3) is 0 Å². The molecule has 1 rings (SSSR count). The minimum Gasteiger partial charge on any atom is -0.490 e. The number of rotatable bonds is 6. The van der Waals surface area contributed by atoms with Gasteiger partial charge in [0.2, 0.25) is 0 Å². The summed E-state index contributed by atoms with van der Waals surface area (Å²) in [6.07, 6.45) is -0.570. The molecule has 0 saturated heterocycles. The van der Waals surface area contributed by atoms with Crippen LogP contribution in [0.15, 0.2) is 24.3 Å². The van der Waals surface area contributed by atoms with Gasteiger partial charge in [0, 0.05) is 0 Å². The van der Waals surface area contributed by atoms with Crippen LogP contribution in [0.5, 0.6) is 5.75 Å². The van der Waals surface area contributed by atoms with Crippen LogP contribution in [0, 0.1) is 0 Å². The highest BCUT2D eigenvalue weighted by molar-refractivity contribution is 6.07. The van der Waals surface area contributed by atoms with E-state index in [9.17, 15) is 9.59 Å². The summed E-state index contributed by atoms with van der Waals surface area (Å²) < 4.78 is 5.13. The molecule has 0 aliphatic heterocycles. The fourth-order valence-electron chi connectivity index (χ4n) is 1.21. The van der Waals surface area contributed by atoms with Crippen molar-refractivity contribution < 1.29 is 24.5 Å². The fraction of sp³-hybridized carbons (Fsp3) is 0.273. The molecule has 5 nitrogen and oxygen atoms in total. The number of carbonyl (C=O) groups excluding carboxylic acids is 1. The van der Waals surface area contributed by atoms with E-state index in [2.05, 4.69) is 0 Å². The average Bonchev–Trinajstić information content (AvgIpc) is 2.25. The first-order chi connectivity index (χ1) is 7.65. The Morgan fingerprint density at radius 1 is 1.25 bits per heavy atom. The Bertz CT molecular complexity index is 386. The average molecular weight is 224 g/mol. The fourth-order valence-corrected chi connectivity index (χ4v) is 1.21. The van der Waals surface area contributed by atoms with Crippen molar-refractivity contribution in [3.63, 3.8) is 0 Å². The van der Waals surface area contributed by atoms with Gasteiger partial charge in [-0.05, 0) is 12.1 Å². The van der Waals surface area contributed by atoms with Crippen molar-refractivity contribution in [1.82, 2.24) is 0 Å². The molecule has 5 heteroatoms. The Morgan fingerprint density at radius 2 is 1.94 bits per heavy atom. The molecule has 0 fully saturated rings. The zero-order valence-corrected chi connectivity index (χ0v) is 8.55. The molecule has 0 radical (unpaired) electrons. The van der Waals surface area contributed by atoms with Crippen molar-refractivity contribution in [2.45, 2.75) is 6.42 Å². The number of hydrogen-bond donors (Lipinski definition) is 2. The third kappa shape index (κ3) is 3.36. The lowest BCUT2D eigenvalue weighted by Crippen LogP contribution is -2.10. The monoisotopic (exact) mass is 224 g/mol. The number of carbonyl (C=O) groups is 2. The molecule has 2 N–H and O–H groups in total. The number of aliphatic carboxylic acids is 1. The number of benzene rings is 1. The first-order valence-corrected chi connectivity index (χ1v) is 4.73. The lowest BCUT2D eigenvalue weighted by Gasteiger charge is -2.08. The Labute approximate surface area is 92.3 Å². The van der Waals surface area contributed by atoms with E-state index in [0.717, 1.165) is 0 Å². The van der Waals surface area contributed by atoms with E-state index in [0.29, 0.717) is 5.75 Å². The highest BCUT2D eigenvalue weighted by atomic mass is 16.5. The molecular weight excluding hydrogens is 212 g/mol. The Balaban J connectivity index is 2.85. The highest BCUT2D eigenvalue weighted by Gasteiger charge is 2.14. The molecular formula is C11H12O5. The van der Waals surface area contributed by atoms with Crippen LogP contribution in [-0.4, -0.2) is 35.2 Å². The van der Waals surface area contributed by atoms with Gasteiger partial charge in [0.05, 0.1) is 12.2 Å². The SMILES string of the molecule is O=C(O)CC(=O)c1ccccc1OCCO. The third-order valence-electron chi connectivity index (χ3n) is 1.85. The zero-order valence-electron chi connectivity index (χ0n) is 8.55. The second-order valence-electron chi connectivity index (χ2n) is 3.06. The minimum atomic E-state index is -1.18. The van der Waals surface area contributed by atoms with Gasteiger partial charge in [-0.3, -0.25) is 9.59 Å². The molecule has 86 valence electrons.